The van der Waals surface area contributed by atoms with Crippen LogP contribution in [0.4, 0.5) is 5.69 Å². The third-order valence-electron chi connectivity index (χ3n) is 2.97. The Morgan fingerprint density at radius 3 is 2.80 bits per heavy atom. The molecule has 0 spiro atoms. The highest BCUT2D eigenvalue weighted by molar-refractivity contribution is 5.43. The molecule has 0 unspecified atom stereocenters. The Morgan fingerprint density at radius 2 is 2.10 bits per heavy atom. The Balaban J connectivity index is 1.90. The number of hydrogen-bond acceptors (Lipinski definition) is 3. The Hall–Kier alpha value is -1.97. The molecule has 108 valence electrons. The van der Waals surface area contributed by atoms with E-state index in [0.717, 1.165) is 24.4 Å². The molecule has 0 aliphatic carbocycles. The molecule has 0 bridgehead atoms. The van der Waals surface area contributed by atoms with Crippen molar-refractivity contribution in [3.63, 3.8) is 0 Å². The Kier molecular flexibility index (Phi) is 4.32. The molecule has 2 aromatic rings. The zero-order valence-corrected chi connectivity index (χ0v) is 12.5. The second kappa shape index (κ2) is 5.99. The molecule has 2 rings (SSSR count). The van der Waals surface area contributed by atoms with Crippen molar-refractivity contribution in [1.82, 2.24) is 9.55 Å². The largest absolute Gasteiger partial charge is 0.492 e. The first-order valence-corrected chi connectivity index (χ1v) is 6.91. The molecule has 0 fully saturated rings. The number of nitrogen functional groups attached to an aromatic ring is 1. The van der Waals surface area contributed by atoms with Gasteiger partial charge in [0.05, 0.1) is 12.9 Å². The molecule has 1 heterocycles. The summed E-state index contributed by atoms with van der Waals surface area (Å²) in [5, 5.41) is 0. The van der Waals surface area contributed by atoms with Gasteiger partial charge in [-0.25, -0.2) is 4.98 Å². The molecule has 0 saturated heterocycles. The van der Waals surface area contributed by atoms with E-state index < -0.39 is 0 Å². The van der Waals surface area contributed by atoms with E-state index in [2.05, 4.69) is 30.3 Å². The summed E-state index contributed by atoms with van der Waals surface area (Å²) in [7, 11) is 0. The molecular formula is C16H23N3O. The van der Waals surface area contributed by atoms with E-state index in [1.54, 1.807) is 0 Å². The van der Waals surface area contributed by atoms with Crippen LogP contribution in [0.2, 0.25) is 0 Å². The number of ether oxygens (including phenoxy) is 1. The molecule has 0 aliphatic heterocycles. The Labute approximate surface area is 120 Å². The van der Waals surface area contributed by atoms with Crippen molar-refractivity contribution >= 4 is 5.69 Å². The van der Waals surface area contributed by atoms with Crippen LogP contribution in [0, 0.1) is 5.41 Å². The van der Waals surface area contributed by atoms with Gasteiger partial charge in [-0.15, -0.1) is 0 Å². The first-order valence-electron chi connectivity index (χ1n) is 6.91. The van der Waals surface area contributed by atoms with Crippen molar-refractivity contribution in [1.29, 1.82) is 0 Å². The molecule has 0 aliphatic rings. The van der Waals surface area contributed by atoms with Gasteiger partial charge in [0.25, 0.3) is 0 Å². The fourth-order valence-corrected chi connectivity index (χ4v) is 2.11. The van der Waals surface area contributed by atoms with Crippen LogP contribution in [-0.2, 0) is 13.0 Å². The number of benzene rings is 1. The highest BCUT2D eigenvalue weighted by Crippen LogP contribution is 2.20. The Bertz CT molecular complexity index is 555. The number of imidazole rings is 1. The molecular weight excluding hydrogens is 250 g/mol. The Morgan fingerprint density at radius 1 is 1.30 bits per heavy atom. The second-order valence-corrected chi connectivity index (χ2v) is 6.24. The first kappa shape index (κ1) is 14.4. The molecule has 2 N–H and O–H groups in total. The van der Waals surface area contributed by atoms with Gasteiger partial charge in [-0.3, -0.25) is 0 Å². The van der Waals surface area contributed by atoms with Crippen molar-refractivity contribution in [2.24, 2.45) is 5.41 Å². The van der Waals surface area contributed by atoms with Crippen LogP contribution in [-0.4, -0.2) is 16.2 Å². The van der Waals surface area contributed by atoms with Gasteiger partial charge in [-0.1, -0.05) is 26.8 Å². The molecule has 4 heteroatoms. The lowest BCUT2D eigenvalue weighted by Gasteiger charge is -2.19. The van der Waals surface area contributed by atoms with Crippen LogP contribution in [0.25, 0.3) is 0 Å². The lowest BCUT2D eigenvalue weighted by atomic mass is 9.91. The van der Waals surface area contributed by atoms with Crippen LogP contribution >= 0.6 is 0 Å². The summed E-state index contributed by atoms with van der Waals surface area (Å²) in [5.41, 5.74) is 7.94. The van der Waals surface area contributed by atoms with Crippen molar-refractivity contribution in [3.8, 4) is 5.75 Å². The van der Waals surface area contributed by atoms with Crippen LogP contribution in [0.1, 0.15) is 26.5 Å². The normalized spacial score (nSPS) is 11.6. The summed E-state index contributed by atoms with van der Waals surface area (Å²) in [6.07, 6.45) is 4.81. The van der Waals surface area contributed by atoms with Crippen molar-refractivity contribution in [2.75, 3.05) is 12.3 Å². The zero-order chi connectivity index (χ0) is 14.6. The number of nitrogens with zero attached hydrogens (tertiary/aromatic N) is 2. The number of aromatic nitrogens is 2. The van der Waals surface area contributed by atoms with Gasteiger partial charge < -0.3 is 15.0 Å². The van der Waals surface area contributed by atoms with Gasteiger partial charge in [0, 0.05) is 23.6 Å². The van der Waals surface area contributed by atoms with Crippen LogP contribution < -0.4 is 10.5 Å². The number of hydrogen-bond donors (Lipinski definition) is 1. The van der Waals surface area contributed by atoms with E-state index in [-0.39, 0.29) is 5.41 Å². The number of nitrogens with two attached hydrogens (primary N) is 1. The molecule has 20 heavy (non-hydrogen) atoms. The monoisotopic (exact) mass is 273 g/mol. The zero-order valence-electron chi connectivity index (χ0n) is 12.5. The summed E-state index contributed by atoms with van der Waals surface area (Å²) in [6, 6.07) is 7.50. The van der Waals surface area contributed by atoms with Crippen molar-refractivity contribution < 1.29 is 4.74 Å². The van der Waals surface area contributed by atoms with Crippen LogP contribution in [0.3, 0.4) is 0 Å². The highest BCUT2D eigenvalue weighted by Gasteiger charge is 2.14. The number of rotatable bonds is 5. The summed E-state index contributed by atoms with van der Waals surface area (Å²) in [5.74, 6) is 0.808. The lowest BCUT2D eigenvalue weighted by Crippen LogP contribution is -2.15. The SMILES string of the molecule is CC(C)(C)Cc1cncn1CCOc1cccc(N)c1. The van der Waals surface area contributed by atoms with Gasteiger partial charge in [0.15, 0.2) is 0 Å². The van der Waals surface area contributed by atoms with E-state index in [1.807, 2.05) is 36.8 Å². The molecule has 1 aromatic heterocycles. The minimum absolute atomic E-state index is 0.256. The second-order valence-electron chi connectivity index (χ2n) is 6.24. The molecule has 0 amide bonds. The molecule has 0 saturated carbocycles. The lowest BCUT2D eigenvalue weighted by molar-refractivity contribution is 0.293. The first-order chi connectivity index (χ1) is 9.44. The van der Waals surface area contributed by atoms with Crippen molar-refractivity contribution in [2.45, 2.75) is 33.7 Å². The maximum absolute atomic E-state index is 5.72. The molecule has 1 aromatic carbocycles. The van der Waals surface area contributed by atoms with E-state index in [9.17, 15) is 0 Å². The van der Waals surface area contributed by atoms with Gasteiger partial charge >= 0.3 is 0 Å². The quantitative estimate of drug-likeness (QED) is 0.851. The fraction of sp³-hybridized carbons (Fsp3) is 0.438. The standard InChI is InChI=1S/C16H23N3O/c1-16(2,3)10-14-11-18-12-19(14)7-8-20-15-6-4-5-13(17)9-15/h4-6,9,11-12H,7-8,10,17H2,1-3H3. The van der Waals surface area contributed by atoms with Gasteiger partial charge in [0.2, 0.25) is 0 Å². The number of anilines is 1. The van der Waals surface area contributed by atoms with E-state index in [4.69, 9.17) is 10.5 Å². The van der Waals surface area contributed by atoms with E-state index in [0.29, 0.717) is 6.61 Å². The predicted octanol–water partition coefficient (Wildman–Crippen LogP) is 3.13. The van der Waals surface area contributed by atoms with E-state index >= 15 is 0 Å². The smallest absolute Gasteiger partial charge is 0.121 e. The van der Waals surface area contributed by atoms with Crippen LogP contribution in [0.5, 0.6) is 5.75 Å². The summed E-state index contributed by atoms with van der Waals surface area (Å²) >= 11 is 0. The summed E-state index contributed by atoms with van der Waals surface area (Å²) in [6.45, 7) is 8.09. The average molecular weight is 273 g/mol. The minimum Gasteiger partial charge on any atom is -0.492 e. The van der Waals surface area contributed by atoms with Crippen molar-refractivity contribution in [3.05, 3.63) is 42.5 Å². The summed E-state index contributed by atoms with van der Waals surface area (Å²) < 4.78 is 7.87. The summed E-state index contributed by atoms with van der Waals surface area (Å²) in [4.78, 5) is 4.23. The topological polar surface area (TPSA) is 53.1 Å². The molecule has 0 radical (unpaired) electrons. The fourth-order valence-electron chi connectivity index (χ4n) is 2.11. The van der Waals surface area contributed by atoms with E-state index in [1.165, 1.54) is 5.69 Å². The molecule has 4 nitrogen and oxygen atoms in total. The third-order valence-corrected chi connectivity index (χ3v) is 2.97. The maximum Gasteiger partial charge on any atom is 0.121 e. The predicted molar refractivity (Wildman–Crippen MR) is 81.7 cm³/mol. The average Bonchev–Trinajstić information content (AvgIpc) is 2.74. The maximum atomic E-state index is 5.72. The third kappa shape index (κ3) is 4.30. The van der Waals surface area contributed by atoms with Gasteiger partial charge in [0.1, 0.15) is 12.4 Å². The van der Waals surface area contributed by atoms with Gasteiger partial charge in [-0.2, -0.15) is 0 Å². The van der Waals surface area contributed by atoms with Gasteiger partial charge in [-0.05, 0) is 24.0 Å². The van der Waals surface area contributed by atoms with Crippen LogP contribution in [0.15, 0.2) is 36.8 Å². The minimum atomic E-state index is 0.256. The highest BCUT2D eigenvalue weighted by atomic mass is 16.5. The molecule has 0 atom stereocenters.